The number of aromatic nitrogens is 5. The number of nitrogens with zero attached hydrogens (tertiary/aromatic N) is 6. The molecule has 0 saturated heterocycles. The predicted octanol–water partition coefficient (Wildman–Crippen LogP) is 6.22. The third-order valence-corrected chi connectivity index (χ3v) is 6.45. The Morgan fingerprint density at radius 3 is 2.75 bits per heavy atom. The number of allylic oxidation sites excluding steroid dienone is 4. The molecule has 1 aromatic carbocycles. The number of benzene rings is 1. The molecule has 1 aliphatic rings. The first-order valence-electron chi connectivity index (χ1n) is 11.9. The number of halogens is 2. The standard InChI is InChI=1S/C27H27F2N7/c1-5-7-30-13-21(17(4)16(3)6-2)20-10-18-11-23(32-14-22(18)26(29)25(20)28)33-24-12-19-15-35-9-8-31-27(35)36(19)34-24/h6,8-14H,5,7,15H2,1-4H3,(H,32,33,34)/b16-6+,21-17+,30-13-. The van der Waals surface area contributed by atoms with E-state index in [4.69, 9.17) is 0 Å². The van der Waals surface area contributed by atoms with Gasteiger partial charge in [-0.05, 0) is 50.3 Å². The molecule has 0 unspecified atom stereocenters. The fourth-order valence-electron chi connectivity index (χ4n) is 4.27. The molecular formula is C27H27F2N7. The highest BCUT2D eigenvalue weighted by molar-refractivity contribution is 6.13. The summed E-state index contributed by atoms with van der Waals surface area (Å²) in [5, 5.41) is 8.38. The molecule has 4 aromatic rings. The summed E-state index contributed by atoms with van der Waals surface area (Å²) in [4.78, 5) is 13.0. The van der Waals surface area contributed by atoms with E-state index < -0.39 is 11.6 Å². The number of aliphatic imine (C=N–C) groups is 1. The lowest BCUT2D eigenvalue weighted by molar-refractivity contribution is 0.515. The quantitative estimate of drug-likeness (QED) is 0.218. The van der Waals surface area contributed by atoms with Crippen LogP contribution in [0, 0.1) is 11.6 Å². The second kappa shape index (κ2) is 9.49. The Morgan fingerprint density at radius 2 is 1.97 bits per heavy atom. The van der Waals surface area contributed by atoms with Crippen LogP contribution in [0.2, 0.25) is 0 Å². The minimum atomic E-state index is -0.929. The minimum absolute atomic E-state index is 0.112. The SMILES string of the molecule is C/C=C(C)/C(C)=C(\C=N/CCC)c1cc2cc(Nc3cc4n(n3)-c3nccn3C4)ncc2c(F)c1F. The van der Waals surface area contributed by atoms with Gasteiger partial charge in [0.2, 0.25) is 5.95 Å². The van der Waals surface area contributed by atoms with Crippen molar-refractivity contribution in [2.45, 2.75) is 40.7 Å². The smallest absolute Gasteiger partial charge is 0.231 e. The van der Waals surface area contributed by atoms with Crippen LogP contribution < -0.4 is 5.32 Å². The van der Waals surface area contributed by atoms with Crippen molar-refractivity contribution in [1.82, 2.24) is 24.3 Å². The second-order valence-corrected chi connectivity index (χ2v) is 8.80. The topological polar surface area (TPSA) is 72.9 Å². The van der Waals surface area contributed by atoms with Gasteiger partial charge < -0.3 is 9.88 Å². The van der Waals surface area contributed by atoms with Crippen molar-refractivity contribution < 1.29 is 8.78 Å². The van der Waals surface area contributed by atoms with Gasteiger partial charge in [0.1, 0.15) is 5.82 Å². The number of hydrogen-bond acceptors (Lipinski definition) is 5. The maximum absolute atomic E-state index is 15.3. The molecule has 0 bridgehead atoms. The molecule has 36 heavy (non-hydrogen) atoms. The predicted molar refractivity (Wildman–Crippen MR) is 139 cm³/mol. The molecule has 0 fully saturated rings. The van der Waals surface area contributed by atoms with E-state index in [1.807, 2.05) is 50.6 Å². The van der Waals surface area contributed by atoms with Gasteiger partial charge in [0.15, 0.2) is 17.5 Å². The Balaban J connectivity index is 1.55. The van der Waals surface area contributed by atoms with Crippen LogP contribution in [-0.4, -0.2) is 37.1 Å². The maximum Gasteiger partial charge on any atom is 0.231 e. The van der Waals surface area contributed by atoms with E-state index in [2.05, 4.69) is 25.4 Å². The second-order valence-electron chi connectivity index (χ2n) is 8.80. The molecule has 1 N–H and O–H groups in total. The van der Waals surface area contributed by atoms with Crippen molar-refractivity contribution in [2.24, 2.45) is 4.99 Å². The van der Waals surface area contributed by atoms with Crippen molar-refractivity contribution in [1.29, 1.82) is 0 Å². The molecule has 0 saturated carbocycles. The van der Waals surface area contributed by atoms with Gasteiger partial charge in [-0.3, -0.25) is 4.99 Å². The molecule has 3 aromatic heterocycles. The van der Waals surface area contributed by atoms with Crippen molar-refractivity contribution in [3.63, 3.8) is 0 Å². The van der Waals surface area contributed by atoms with Crippen LogP contribution in [0.1, 0.15) is 45.4 Å². The molecule has 0 radical (unpaired) electrons. The zero-order valence-electron chi connectivity index (χ0n) is 20.7. The Kier molecular flexibility index (Phi) is 6.22. The van der Waals surface area contributed by atoms with Gasteiger partial charge in [-0.2, -0.15) is 0 Å². The van der Waals surface area contributed by atoms with Crippen LogP contribution in [-0.2, 0) is 6.54 Å². The van der Waals surface area contributed by atoms with Crippen LogP contribution >= 0.6 is 0 Å². The Hall–Kier alpha value is -4.14. The highest BCUT2D eigenvalue weighted by Gasteiger charge is 2.22. The van der Waals surface area contributed by atoms with Gasteiger partial charge in [-0.25, -0.2) is 23.4 Å². The average molecular weight is 488 g/mol. The van der Waals surface area contributed by atoms with Crippen LogP contribution in [0.4, 0.5) is 20.4 Å². The molecule has 0 spiro atoms. The Labute approximate surface area is 207 Å². The van der Waals surface area contributed by atoms with Crippen molar-refractivity contribution in [3.05, 3.63) is 76.9 Å². The van der Waals surface area contributed by atoms with Gasteiger partial charge in [0, 0.05) is 53.9 Å². The largest absolute Gasteiger partial charge is 0.323 e. The summed E-state index contributed by atoms with van der Waals surface area (Å²) in [7, 11) is 0. The van der Waals surface area contributed by atoms with Gasteiger partial charge >= 0.3 is 0 Å². The zero-order chi connectivity index (χ0) is 25.4. The first-order chi connectivity index (χ1) is 17.4. The first-order valence-corrected chi connectivity index (χ1v) is 11.9. The molecule has 184 valence electrons. The summed E-state index contributed by atoms with van der Waals surface area (Å²) in [5.41, 5.74) is 3.53. The highest BCUT2D eigenvalue weighted by Crippen LogP contribution is 2.32. The number of rotatable bonds is 7. The van der Waals surface area contributed by atoms with Gasteiger partial charge in [-0.15, -0.1) is 5.10 Å². The number of fused-ring (bicyclic) bond motifs is 4. The summed E-state index contributed by atoms with van der Waals surface area (Å²) < 4.78 is 34.3. The van der Waals surface area contributed by atoms with E-state index in [0.29, 0.717) is 35.7 Å². The minimum Gasteiger partial charge on any atom is -0.323 e. The molecule has 0 atom stereocenters. The summed E-state index contributed by atoms with van der Waals surface area (Å²) in [6.07, 6.45) is 9.43. The molecule has 5 rings (SSSR count). The van der Waals surface area contributed by atoms with E-state index in [1.54, 1.807) is 29.2 Å². The van der Waals surface area contributed by atoms with Crippen LogP contribution in [0.5, 0.6) is 0 Å². The van der Waals surface area contributed by atoms with E-state index >= 15 is 8.78 Å². The summed E-state index contributed by atoms with van der Waals surface area (Å²) in [6.45, 7) is 9.07. The molecule has 0 amide bonds. The lowest BCUT2D eigenvalue weighted by atomic mass is 9.94. The van der Waals surface area contributed by atoms with Crippen LogP contribution in [0.3, 0.4) is 0 Å². The van der Waals surface area contributed by atoms with Gasteiger partial charge in [0.25, 0.3) is 0 Å². The zero-order valence-corrected chi connectivity index (χ0v) is 20.7. The number of nitrogens with one attached hydrogen (secondary N) is 1. The number of anilines is 2. The fraction of sp³-hybridized carbons (Fsp3) is 0.259. The van der Waals surface area contributed by atoms with Gasteiger partial charge in [0.05, 0.1) is 12.2 Å². The van der Waals surface area contributed by atoms with Crippen molar-refractivity contribution in [3.8, 4) is 5.95 Å². The number of hydrogen-bond donors (Lipinski definition) is 1. The molecule has 0 aliphatic carbocycles. The van der Waals surface area contributed by atoms with Gasteiger partial charge in [-0.1, -0.05) is 18.6 Å². The molecular weight excluding hydrogens is 460 g/mol. The monoisotopic (exact) mass is 487 g/mol. The third-order valence-electron chi connectivity index (χ3n) is 6.45. The summed E-state index contributed by atoms with van der Waals surface area (Å²) >= 11 is 0. The lowest BCUT2D eigenvalue weighted by Gasteiger charge is -2.13. The van der Waals surface area contributed by atoms with Crippen LogP contribution in [0.25, 0.3) is 22.3 Å². The normalized spacial score (nSPS) is 13.9. The lowest BCUT2D eigenvalue weighted by Crippen LogP contribution is -2.02. The molecule has 1 aliphatic heterocycles. The van der Waals surface area contributed by atoms with E-state index in [9.17, 15) is 0 Å². The maximum atomic E-state index is 15.3. The van der Waals surface area contributed by atoms with Crippen LogP contribution in [0.15, 0.2) is 59.0 Å². The summed E-state index contributed by atoms with van der Waals surface area (Å²) in [6, 6.07) is 5.28. The van der Waals surface area contributed by atoms with E-state index in [-0.39, 0.29) is 10.9 Å². The summed E-state index contributed by atoms with van der Waals surface area (Å²) in [5.74, 6) is -0.0108. The van der Waals surface area contributed by atoms with E-state index in [0.717, 1.165) is 29.2 Å². The fourth-order valence-corrected chi connectivity index (χ4v) is 4.27. The molecule has 9 heteroatoms. The molecule has 7 nitrogen and oxygen atoms in total. The highest BCUT2D eigenvalue weighted by atomic mass is 19.2. The third kappa shape index (κ3) is 4.10. The number of pyridine rings is 1. The van der Waals surface area contributed by atoms with E-state index in [1.165, 1.54) is 6.20 Å². The first kappa shape index (κ1) is 23.6. The van der Waals surface area contributed by atoms with Crippen molar-refractivity contribution >= 4 is 34.2 Å². The average Bonchev–Trinajstić information content (AvgIpc) is 3.56. The Morgan fingerprint density at radius 1 is 1.14 bits per heavy atom. The molecule has 4 heterocycles. The van der Waals surface area contributed by atoms with Crippen molar-refractivity contribution in [2.75, 3.05) is 11.9 Å². The number of imidazole rings is 1. The Bertz CT molecular complexity index is 1560.